The predicted octanol–water partition coefficient (Wildman–Crippen LogP) is 15.8. The molecule has 0 saturated carbocycles. The van der Waals surface area contributed by atoms with E-state index in [1.54, 1.807) is 0 Å². The summed E-state index contributed by atoms with van der Waals surface area (Å²) in [5.74, 6) is 0.809. The molecule has 0 saturated heterocycles. The summed E-state index contributed by atoms with van der Waals surface area (Å²) in [6.45, 7) is 11.3. The van der Waals surface area contributed by atoms with Crippen LogP contribution in [0.25, 0.3) is 0 Å². The van der Waals surface area contributed by atoms with Crippen molar-refractivity contribution in [3.05, 3.63) is 0 Å². The Kier molecular flexibility index (Phi) is 41.8. The molecular formula is C50H96O6. The summed E-state index contributed by atoms with van der Waals surface area (Å²) >= 11 is 0. The number of hydrogen-bond donors (Lipinski definition) is 0. The molecule has 2 atom stereocenters. The molecule has 0 fully saturated rings. The fourth-order valence-corrected chi connectivity index (χ4v) is 7.43. The van der Waals surface area contributed by atoms with Crippen LogP contribution in [0, 0.1) is 11.8 Å². The normalized spacial score (nSPS) is 12.5. The summed E-state index contributed by atoms with van der Waals surface area (Å²) in [5.41, 5.74) is 0. The molecule has 0 spiro atoms. The maximum Gasteiger partial charge on any atom is 0.306 e. The van der Waals surface area contributed by atoms with Crippen molar-refractivity contribution in [3.63, 3.8) is 0 Å². The first kappa shape index (κ1) is 54.4. The Morgan fingerprint density at radius 3 is 1.02 bits per heavy atom. The lowest BCUT2D eigenvalue weighted by molar-refractivity contribution is -0.167. The molecule has 56 heavy (non-hydrogen) atoms. The zero-order valence-electron chi connectivity index (χ0n) is 38.3. The molecule has 0 rings (SSSR count). The highest BCUT2D eigenvalue weighted by Crippen LogP contribution is 2.17. The van der Waals surface area contributed by atoms with E-state index in [2.05, 4.69) is 34.6 Å². The minimum atomic E-state index is -0.761. The number of rotatable bonds is 44. The van der Waals surface area contributed by atoms with Crippen molar-refractivity contribution in [2.75, 3.05) is 13.2 Å². The predicted molar refractivity (Wildman–Crippen MR) is 238 cm³/mol. The van der Waals surface area contributed by atoms with Gasteiger partial charge in [0, 0.05) is 19.3 Å². The van der Waals surface area contributed by atoms with Crippen LogP contribution in [0.1, 0.15) is 272 Å². The maximum absolute atomic E-state index is 12.8. The van der Waals surface area contributed by atoms with Crippen molar-refractivity contribution < 1.29 is 28.6 Å². The molecule has 332 valence electrons. The third-order valence-electron chi connectivity index (χ3n) is 11.6. The van der Waals surface area contributed by atoms with Crippen molar-refractivity contribution in [1.29, 1.82) is 0 Å². The van der Waals surface area contributed by atoms with Gasteiger partial charge in [-0.15, -0.1) is 0 Å². The van der Waals surface area contributed by atoms with Crippen LogP contribution in [0.2, 0.25) is 0 Å². The second-order valence-electron chi connectivity index (χ2n) is 17.8. The van der Waals surface area contributed by atoms with Crippen molar-refractivity contribution in [1.82, 2.24) is 0 Å². The Hall–Kier alpha value is -1.59. The van der Waals surface area contributed by atoms with E-state index in [1.807, 2.05) is 0 Å². The Balaban J connectivity index is 4.23. The number of carbonyl (C=O) groups excluding carboxylic acids is 3. The van der Waals surface area contributed by atoms with Gasteiger partial charge in [-0.05, 0) is 31.1 Å². The second kappa shape index (κ2) is 43.0. The molecule has 6 heteroatoms. The van der Waals surface area contributed by atoms with Crippen molar-refractivity contribution in [2.45, 2.75) is 278 Å². The van der Waals surface area contributed by atoms with Crippen LogP contribution in [0.5, 0.6) is 0 Å². The fourth-order valence-electron chi connectivity index (χ4n) is 7.43. The van der Waals surface area contributed by atoms with Crippen molar-refractivity contribution >= 4 is 17.9 Å². The summed E-state index contributed by atoms with van der Waals surface area (Å²) in [4.78, 5) is 37.7. The minimum absolute atomic E-state index is 0.0650. The van der Waals surface area contributed by atoms with Gasteiger partial charge in [0.15, 0.2) is 6.10 Å². The van der Waals surface area contributed by atoms with E-state index in [1.165, 1.54) is 161 Å². The van der Waals surface area contributed by atoms with Gasteiger partial charge in [0.2, 0.25) is 0 Å². The van der Waals surface area contributed by atoms with Crippen LogP contribution in [0.3, 0.4) is 0 Å². The molecule has 0 aliphatic heterocycles. The van der Waals surface area contributed by atoms with E-state index < -0.39 is 6.10 Å². The van der Waals surface area contributed by atoms with Gasteiger partial charge in [0.1, 0.15) is 13.2 Å². The SMILES string of the molecule is CCCCCCCCCCCC(=O)OC[C@H](COC(=O)CCCCCCCCC(C)CC)OC(=O)CCCCCCCCCCCCCCCCCCC(C)C. The standard InChI is InChI=1S/C50H96O6/c1-6-8-9-10-11-20-24-30-35-40-48(51)54-43-47(44-55-49(52)41-36-31-27-26-29-34-39-46(5)7-2)56-50(53)42-37-32-25-22-19-17-15-13-12-14-16-18-21-23-28-33-38-45(3)4/h45-47H,6-44H2,1-5H3/t46?,47-/m1/s1. The van der Waals surface area contributed by atoms with Gasteiger partial charge >= 0.3 is 17.9 Å². The van der Waals surface area contributed by atoms with E-state index in [-0.39, 0.29) is 31.1 Å². The van der Waals surface area contributed by atoms with Gasteiger partial charge < -0.3 is 14.2 Å². The Bertz CT molecular complexity index is 856. The summed E-state index contributed by atoms with van der Waals surface area (Å²) in [6.07, 6.45) is 42.4. The molecule has 0 aromatic carbocycles. The molecule has 0 aliphatic rings. The molecule has 0 radical (unpaired) electrons. The van der Waals surface area contributed by atoms with Crippen LogP contribution in [-0.4, -0.2) is 37.2 Å². The Morgan fingerprint density at radius 2 is 0.679 bits per heavy atom. The van der Waals surface area contributed by atoms with Crippen LogP contribution in [-0.2, 0) is 28.6 Å². The first-order valence-electron chi connectivity index (χ1n) is 24.8. The lowest BCUT2D eigenvalue weighted by Crippen LogP contribution is -2.30. The van der Waals surface area contributed by atoms with Gasteiger partial charge in [-0.1, -0.05) is 234 Å². The number of hydrogen-bond acceptors (Lipinski definition) is 6. The number of unbranched alkanes of at least 4 members (excludes halogenated alkanes) is 28. The van der Waals surface area contributed by atoms with Crippen LogP contribution in [0.4, 0.5) is 0 Å². The van der Waals surface area contributed by atoms with Crippen LogP contribution >= 0.6 is 0 Å². The summed E-state index contributed by atoms with van der Waals surface area (Å²) in [7, 11) is 0. The zero-order valence-corrected chi connectivity index (χ0v) is 38.3. The van der Waals surface area contributed by atoms with Gasteiger partial charge in [0.05, 0.1) is 0 Å². The average molecular weight is 793 g/mol. The van der Waals surface area contributed by atoms with Crippen molar-refractivity contribution in [3.8, 4) is 0 Å². The van der Waals surface area contributed by atoms with Crippen LogP contribution < -0.4 is 0 Å². The topological polar surface area (TPSA) is 78.9 Å². The van der Waals surface area contributed by atoms with E-state index in [4.69, 9.17) is 14.2 Å². The van der Waals surface area contributed by atoms with E-state index in [0.717, 1.165) is 69.6 Å². The highest BCUT2D eigenvalue weighted by Gasteiger charge is 2.19. The molecule has 6 nitrogen and oxygen atoms in total. The maximum atomic E-state index is 12.8. The van der Waals surface area contributed by atoms with Gasteiger partial charge in [-0.2, -0.15) is 0 Å². The molecular weight excluding hydrogens is 697 g/mol. The third-order valence-corrected chi connectivity index (χ3v) is 11.6. The Labute approximate surface area is 348 Å². The smallest absolute Gasteiger partial charge is 0.306 e. The lowest BCUT2D eigenvalue weighted by atomic mass is 10.00. The molecule has 0 amide bonds. The van der Waals surface area contributed by atoms with Crippen molar-refractivity contribution in [2.24, 2.45) is 11.8 Å². The van der Waals surface area contributed by atoms with E-state index in [0.29, 0.717) is 19.3 Å². The molecule has 1 unspecified atom stereocenters. The molecule has 0 N–H and O–H groups in total. The average Bonchev–Trinajstić information content (AvgIpc) is 3.18. The molecule has 0 bridgehead atoms. The summed E-state index contributed by atoms with van der Waals surface area (Å²) in [6, 6.07) is 0. The van der Waals surface area contributed by atoms with Gasteiger partial charge in [0.25, 0.3) is 0 Å². The number of carbonyl (C=O) groups is 3. The van der Waals surface area contributed by atoms with E-state index in [9.17, 15) is 14.4 Å². The lowest BCUT2D eigenvalue weighted by Gasteiger charge is -2.18. The van der Waals surface area contributed by atoms with E-state index >= 15 is 0 Å². The quantitative estimate of drug-likeness (QED) is 0.0347. The first-order valence-corrected chi connectivity index (χ1v) is 24.8. The molecule has 0 aromatic rings. The highest BCUT2D eigenvalue weighted by atomic mass is 16.6. The van der Waals surface area contributed by atoms with Gasteiger partial charge in [-0.3, -0.25) is 14.4 Å². The monoisotopic (exact) mass is 793 g/mol. The summed E-state index contributed by atoms with van der Waals surface area (Å²) < 4.78 is 16.7. The summed E-state index contributed by atoms with van der Waals surface area (Å²) in [5, 5.41) is 0. The first-order chi connectivity index (χ1) is 27.3. The Morgan fingerprint density at radius 1 is 0.375 bits per heavy atom. The zero-order chi connectivity index (χ0) is 41.2. The fraction of sp³-hybridized carbons (Fsp3) is 0.940. The second-order valence-corrected chi connectivity index (χ2v) is 17.8. The third kappa shape index (κ3) is 42.0. The number of ether oxygens (including phenoxy) is 3. The minimum Gasteiger partial charge on any atom is -0.462 e. The van der Waals surface area contributed by atoms with Gasteiger partial charge in [-0.25, -0.2) is 0 Å². The molecule has 0 aliphatic carbocycles. The van der Waals surface area contributed by atoms with Crippen LogP contribution in [0.15, 0.2) is 0 Å². The molecule has 0 aromatic heterocycles. The highest BCUT2D eigenvalue weighted by molar-refractivity contribution is 5.71. The molecule has 0 heterocycles. The largest absolute Gasteiger partial charge is 0.462 e. The number of esters is 3.